The van der Waals surface area contributed by atoms with Crippen LogP contribution in [0.4, 0.5) is 0 Å². The smallest absolute Gasteiger partial charge is 0.358 e. The summed E-state index contributed by atoms with van der Waals surface area (Å²) in [5, 5.41) is 7.08. The molecular formula is C19H18N2O4S2. The van der Waals surface area contributed by atoms with Crippen LogP contribution in [0.15, 0.2) is 47.2 Å². The number of nitrogens with zero attached hydrogens (tertiary/aromatic N) is 1. The molecule has 1 atom stereocenters. The second kappa shape index (κ2) is 8.79. The van der Waals surface area contributed by atoms with Crippen LogP contribution < -0.4 is 10.1 Å². The van der Waals surface area contributed by atoms with Gasteiger partial charge in [-0.1, -0.05) is 24.3 Å². The third-order valence-corrected chi connectivity index (χ3v) is 5.63. The number of benzene rings is 1. The number of rotatable bonds is 7. The number of amides is 1. The van der Waals surface area contributed by atoms with Crippen LogP contribution in [0.1, 0.15) is 23.0 Å². The van der Waals surface area contributed by atoms with Crippen LogP contribution in [-0.2, 0) is 16.1 Å². The SMILES string of the molecule is COc1ccccc1CNC(=O)[C@@H](C)OC(=O)c1csc(-c2cccs2)n1. The first-order valence-electron chi connectivity index (χ1n) is 8.18. The molecule has 2 aromatic heterocycles. The second-order valence-electron chi connectivity index (χ2n) is 5.59. The summed E-state index contributed by atoms with van der Waals surface area (Å²) in [6.07, 6.45) is -0.931. The number of thiophene rings is 1. The van der Waals surface area contributed by atoms with Gasteiger partial charge >= 0.3 is 5.97 Å². The fourth-order valence-electron chi connectivity index (χ4n) is 2.33. The van der Waals surface area contributed by atoms with Gasteiger partial charge in [0.1, 0.15) is 10.8 Å². The molecule has 1 N–H and O–H groups in total. The Balaban J connectivity index is 1.55. The van der Waals surface area contributed by atoms with Gasteiger partial charge in [-0.3, -0.25) is 4.79 Å². The molecule has 3 rings (SSSR count). The molecule has 2 heterocycles. The summed E-state index contributed by atoms with van der Waals surface area (Å²) in [6, 6.07) is 11.3. The van der Waals surface area contributed by atoms with E-state index in [1.807, 2.05) is 41.8 Å². The van der Waals surface area contributed by atoms with E-state index in [0.717, 1.165) is 15.4 Å². The molecule has 0 unspecified atom stereocenters. The first-order valence-corrected chi connectivity index (χ1v) is 9.94. The van der Waals surface area contributed by atoms with Crippen molar-refractivity contribution in [3.63, 3.8) is 0 Å². The van der Waals surface area contributed by atoms with Gasteiger partial charge in [-0.2, -0.15) is 0 Å². The number of nitrogens with one attached hydrogen (secondary N) is 1. The van der Waals surface area contributed by atoms with Crippen molar-refractivity contribution in [2.24, 2.45) is 0 Å². The lowest BCUT2D eigenvalue weighted by molar-refractivity contribution is -0.129. The molecule has 3 aromatic rings. The number of carbonyl (C=O) groups is 2. The predicted octanol–water partition coefficient (Wildman–Crippen LogP) is 3.74. The molecule has 0 aliphatic carbocycles. The summed E-state index contributed by atoms with van der Waals surface area (Å²) in [6.45, 7) is 1.81. The van der Waals surface area contributed by atoms with E-state index in [0.29, 0.717) is 5.75 Å². The van der Waals surface area contributed by atoms with E-state index in [4.69, 9.17) is 9.47 Å². The lowest BCUT2D eigenvalue weighted by Crippen LogP contribution is -2.35. The Labute approximate surface area is 164 Å². The molecule has 0 saturated carbocycles. The van der Waals surface area contributed by atoms with Gasteiger partial charge in [0.25, 0.3) is 5.91 Å². The van der Waals surface area contributed by atoms with Crippen LogP contribution in [0.2, 0.25) is 0 Å². The van der Waals surface area contributed by atoms with Crippen molar-refractivity contribution >= 4 is 34.6 Å². The topological polar surface area (TPSA) is 77.5 Å². The van der Waals surface area contributed by atoms with Crippen molar-refractivity contribution in [1.29, 1.82) is 0 Å². The number of hydrogen-bond donors (Lipinski definition) is 1. The zero-order valence-corrected chi connectivity index (χ0v) is 16.4. The molecular weight excluding hydrogens is 384 g/mol. The average molecular weight is 402 g/mol. The van der Waals surface area contributed by atoms with E-state index in [-0.39, 0.29) is 18.1 Å². The van der Waals surface area contributed by atoms with Crippen molar-refractivity contribution in [3.8, 4) is 15.6 Å². The highest BCUT2D eigenvalue weighted by atomic mass is 32.1. The van der Waals surface area contributed by atoms with Crippen LogP contribution in [0.3, 0.4) is 0 Å². The largest absolute Gasteiger partial charge is 0.496 e. The molecule has 8 heteroatoms. The van der Waals surface area contributed by atoms with E-state index in [2.05, 4.69) is 10.3 Å². The van der Waals surface area contributed by atoms with E-state index in [9.17, 15) is 9.59 Å². The second-order valence-corrected chi connectivity index (χ2v) is 7.40. The molecule has 0 aliphatic rings. The summed E-state index contributed by atoms with van der Waals surface area (Å²) < 4.78 is 10.5. The van der Waals surface area contributed by atoms with Gasteiger partial charge in [-0.15, -0.1) is 22.7 Å². The van der Waals surface area contributed by atoms with Crippen LogP contribution in [-0.4, -0.2) is 30.1 Å². The van der Waals surface area contributed by atoms with Gasteiger partial charge in [0, 0.05) is 17.5 Å². The van der Waals surface area contributed by atoms with Crippen LogP contribution in [0, 0.1) is 0 Å². The molecule has 0 fully saturated rings. The van der Waals surface area contributed by atoms with Crippen molar-refractivity contribution in [2.75, 3.05) is 7.11 Å². The van der Waals surface area contributed by atoms with Gasteiger partial charge in [0.2, 0.25) is 0 Å². The predicted molar refractivity (Wildman–Crippen MR) is 105 cm³/mol. The number of aromatic nitrogens is 1. The molecule has 0 spiro atoms. The van der Waals surface area contributed by atoms with Gasteiger partial charge in [-0.05, 0) is 24.4 Å². The van der Waals surface area contributed by atoms with E-state index >= 15 is 0 Å². The van der Waals surface area contributed by atoms with Crippen molar-refractivity contribution < 1.29 is 19.1 Å². The van der Waals surface area contributed by atoms with Crippen LogP contribution in [0.5, 0.6) is 5.75 Å². The number of methoxy groups -OCH3 is 1. The normalized spacial score (nSPS) is 11.6. The highest BCUT2D eigenvalue weighted by Gasteiger charge is 2.21. The fraction of sp³-hybridized carbons (Fsp3) is 0.211. The Hall–Kier alpha value is -2.71. The van der Waals surface area contributed by atoms with Gasteiger partial charge in [-0.25, -0.2) is 9.78 Å². The molecule has 0 aliphatic heterocycles. The number of hydrogen-bond acceptors (Lipinski definition) is 7. The Morgan fingerprint density at radius 1 is 1.19 bits per heavy atom. The van der Waals surface area contributed by atoms with Gasteiger partial charge in [0.15, 0.2) is 11.8 Å². The van der Waals surface area contributed by atoms with E-state index < -0.39 is 12.1 Å². The summed E-state index contributed by atoms with van der Waals surface area (Å²) in [4.78, 5) is 29.7. The molecule has 0 bridgehead atoms. The summed E-state index contributed by atoms with van der Waals surface area (Å²) in [5.74, 6) is -0.317. The van der Waals surface area contributed by atoms with Crippen LogP contribution >= 0.6 is 22.7 Å². The van der Waals surface area contributed by atoms with Gasteiger partial charge < -0.3 is 14.8 Å². The van der Waals surface area contributed by atoms with E-state index in [1.165, 1.54) is 18.3 Å². The Morgan fingerprint density at radius 3 is 2.74 bits per heavy atom. The maximum Gasteiger partial charge on any atom is 0.358 e. The third kappa shape index (κ3) is 4.72. The van der Waals surface area contributed by atoms with Crippen LogP contribution in [0.25, 0.3) is 9.88 Å². The third-order valence-electron chi connectivity index (χ3n) is 3.74. The maximum absolute atomic E-state index is 12.2. The minimum absolute atomic E-state index is 0.202. The van der Waals surface area contributed by atoms with Crippen molar-refractivity contribution in [3.05, 3.63) is 58.4 Å². The van der Waals surface area contributed by atoms with Crippen molar-refractivity contribution in [1.82, 2.24) is 10.3 Å². The monoisotopic (exact) mass is 402 g/mol. The number of ether oxygens (including phenoxy) is 2. The highest BCUT2D eigenvalue weighted by molar-refractivity contribution is 7.20. The lowest BCUT2D eigenvalue weighted by atomic mass is 10.2. The minimum atomic E-state index is -0.931. The molecule has 140 valence electrons. The number of thiazole rings is 1. The Morgan fingerprint density at radius 2 is 2.00 bits per heavy atom. The molecule has 0 saturated heterocycles. The first kappa shape index (κ1) is 19.1. The fourth-order valence-corrected chi connectivity index (χ4v) is 3.93. The standard InChI is InChI=1S/C19H18N2O4S2/c1-12(17(22)20-10-13-6-3-4-7-15(13)24-2)25-19(23)14-11-27-18(21-14)16-8-5-9-26-16/h3-9,11-12H,10H2,1-2H3,(H,20,22)/t12-/m1/s1. The summed E-state index contributed by atoms with van der Waals surface area (Å²) in [7, 11) is 1.57. The molecule has 6 nitrogen and oxygen atoms in total. The molecule has 1 aromatic carbocycles. The first-order chi connectivity index (χ1) is 13.1. The Bertz CT molecular complexity index is 921. The maximum atomic E-state index is 12.2. The zero-order valence-electron chi connectivity index (χ0n) is 14.8. The minimum Gasteiger partial charge on any atom is -0.496 e. The molecule has 1 amide bonds. The number of carbonyl (C=O) groups excluding carboxylic acids is 2. The average Bonchev–Trinajstić information content (AvgIpc) is 3.37. The Kier molecular flexibility index (Phi) is 6.20. The summed E-state index contributed by atoms with van der Waals surface area (Å²) >= 11 is 2.92. The van der Waals surface area contributed by atoms with Crippen molar-refractivity contribution in [2.45, 2.75) is 19.6 Å². The van der Waals surface area contributed by atoms with E-state index in [1.54, 1.807) is 23.8 Å². The zero-order chi connectivity index (χ0) is 19.2. The molecule has 0 radical (unpaired) electrons. The number of para-hydroxylation sites is 1. The van der Waals surface area contributed by atoms with Gasteiger partial charge in [0.05, 0.1) is 12.0 Å². The summed E-state index contributed by atoms with van der Waals surface area (Å²) in [5.41, 5.74) is 1.04. The highest BCUT2D eigenvalue weighted by Crippen LogP contribution is 2.28. The lowest BCUT2D eigenvalue weighted by Gasteiger charge is -2.14. The quantitative estimate of drug-likeness (QED) is 0.609. The molecule has 27 heavy (non-hydrogen) atoms. The number of esters is 1.